The van der Waals surface area contributed by atoms with Crippen LogP contribution in [-0.4, -0.2) is 6.54 Å². The van der Waals surface area contributed by atoms with Gasteiger partial charge in [-0.25, -0.2) is 0 Å². The number of hydrogen-bond donors (Lipinski definition) is 1. The first-order chi connectivity index (χ1) is 6.22. The largest absolute Gasteiger partial charge is 0.330 e. The first kappa shape index (κ1) is 9.04. The third-order valence-corrected chi connectivity index (χ3v) is 3.11. The Morgan fingerprint density at radius 1 is 1.54 bits per heavy atom. The number of rotatable bonds is 2. The average molecular weight is 196 g/mol. The van der Waals surface area contributed by atoms with Gasteiger partial charge in [-0.3, -0.25) is 0 Å². The number of aryl methyl sites for hydroxylation is 1. The lowest BCUT2D eigenvalue weighted by Gasteiger charge is -2.03. The van der Waals surface area contributed by atoms with Crippen molar-refractivity contribution in [2.24, 2.45) is 11.7 Å². The van der Waals surface area contributed by atoms with Crippen molar-refractivity contribution in [3.8, 4) is 0 Å². The van der Waals surface area contributed by atoms with Crippen LogP contribution in [0.2, 0.25) is 5.02 Å². The maximum Gasteiger partial charge on any atom is 0.0443 e. The molecule has 2 unspecified atom stereocenters. The summed E-state index contributed by atoms with van der Waals surface area (Å²) in [4.78, 5) is 0. The van der Waals surface area contributed by atoms with Crippen LogP contribution >= 0.6 is 11.6 Å². The van der Waals surface area contributed by atoms with E-state index in [1.807, 2.05) is 6.07 Å². The van der Waals surface area contributed by atoms with Gasteiger partial charge in [-0.2, -0.15) is 0 Å². The topological polar surface area (TPSA) is 26.0 Å². The first-order valence-electron chi connectivity index (χ1n) is 4.68. The Labute approximate surface area is 83.9 Å². The van der Waals surface area contributed by atoms with Crippen LogP contribution in [-0.2, 0) is 0 Å². The van der Waals surface area contributed by atoms with Gasteiger partial charge in [-0.1, -0.05) is 23.7 Å². The summed E-state index contributed by atoms with van der Waals surface area (Å²) in [7, 11) is 0. The molecular weight excluding hydrogens is 182 g/mol. The van der Waals surface area contributed by atoms with Crippen LogP contribution in [0.3, 0.4) is 0 Å². The smallest absolute Gasteiger partial charge is 0.0443 e. The summed E-state index contributed by atoms with van der Waals surface area (Å²) in [6.07, 6.45) is 1.21. The third kappa shape index (κ3) is 1.72. The van der Waals surface area contributed by atoms with E-state index in [0.717, 1.165) is 11.6 Å². The fraction of sp³-hybridized carbons (Fsp3) is 0.455. The van der Waals surface area contributed by atoms with E-state index in [1.54, 1.807) is 0 Å². The minimum absolute atomic E-state index is 0.623. The second-order valence-corrected chi connectivity index (χ2v) is 4.27. The van der Waals surface area contributed by atoms with Crippen molar-refractivity contribution < 1.29 is 0 Å². The molecule has 2 N–H and O–H groups in total. The number of benzene rings is 1. The zero-order valence-corrected chi connectivity index (χ0v) is 8.51. The summed E-state index contributed by atoms with van der Waals surface area (Å²) in [5, 5.41) is 0.904. The second kappa shape index (κ2) is 3.32. The minimum Gasteiger partial charge on any atom is -0.330 e. The highest BCUT2D eigenvalue weighted by atomic mass is 35.5. The van der Waals surface area contributed by atoms with Crippen molar-refractivity contribution in [1.82, 2.24) is 0 Å². The molecule has 0 aromatic heterocycles. The summed E-state index contributed by atoms with van der Waals surface area (Å²) in [6.45, 7) is 2.85. The van der Waals surface area contributed by atoms with Crippen LogP contribution in [0.15, 0.2) is 18.2 Å². The van der Waals surface area contributed by atoms with Crippen molar-refractivity contribution >= 4 is 11.6 Å². The summed E-state index contributed by atoms with van der Waals surface area (Å²) >= 11 is 6.15. The Morgan fingerprint density at radius 3 is 2.85 bits per heavy atom. The van der Waals surface area contributed by atoms with Crippen LogP contribution in [0.4, 0.5) is 0 Å². The standard InChI is InChI=1S/C11H14ClN/c1-7-2-3-9(11(12)4-7)10-5-8(10)6-13/h2-4,8,10H,5-6,13H2,1H3. The molecule has 2 heteroatoms. The van der Waals surface area contributed by atoms with E-state index >= 15 is 0 Å². The zero-order valence-electron chi connectivity index (χ0n) is 7.76. The number of halogens is 1. The van der Waals surface area contributed by atoms with E-state index in [2.05, 4.69) is 19.1 Å². The van der Waals surface area contributed by atoms with Crippen molar-refractivity contribution in [3.05, 3.63) is 34.3 Å². The molecule has 1 nitrogen and oxygen atoms in total. The zero-order chi connectivity index (χ0) is 9.42. The molecule has 1 saturated carbocycles. The monoisotopic (exact) mass is 195 g/mol. The van der Waals surface area contributed by atoms with E-state index < -0.39 is 0 Å². The molecule has 1 aromatic rings. The van der Waals surface area contributed by atoms with Gasteiger partial charge in [0.2, 0.25) is 0 Å². The van der Waals surface area contributed by atoms with Gasteiger partial charge in [-0.05, 0) is 48.9 Å². The van der Waals surface area contributed by atoms with Crippen molar-refractivity contribution in [3.63, 3.8) is 0 Å². The van der Waals surface area contributed by atoms with Crippen LogP contribution in [0, 0.1) is 12.8 Å². The van der Waals surface area contributed by atoms with E-state index in [4.69, 9.17) is 17.3 Å². The fourth-order valence-corrected chi connectivity index (χ4v) is 2.20. The average Bonchev–Trinajstić information content (AvgIpc) is 2.83. The summed E-state index contributed by atoms with van der Waals surface area (Å²) in [6, 6.07) is 6.29. The Hall–Kier alpha value is -0.530. The molecule has 0 aliphatic heterocycles. The normalized spacial score (nSPS) is 26.1. The predicted molar refractivity (Wildman–Crippen MR) is 56.1 cm³/mol. The molecule has 2 rings (SSSR count). The molecule has 70 valence electrons. The number of hydrogen-bond acceptors (Lipinski definition) is 1. The van der Waals surface area contributed by atoms with E-state index in [9.17, 15) is 0 Å². The Bertz CT molecular complexity index is 322. The van der Waals surface area contributed by atoms with Crippen molar-refractivity contribution in [2.45, 2.75) is 19.3 Å². The molecule has 13 heavy (non-hydrogen) atoms. The van der Waals surface area contributed by atoms with E-state index in [-0.39, 0.29) is 0 Å². The van der Waals surface area contributed by atoms with Gasteiger partial charge in [0.15, 0.2) is 0 Å². The Balaban J connectivity index is 2.22. The van der Waals surface area contributed by atoms with E-state index in [0.29, 0.717) is 11.8 Å². The quantitative estimate of drug-likeness (QED) is 0.772. The van der Waals surface area contributed by atoms with Crippen LogP contribution in [0.25, 0.3) is 0 Å². The van der Waals surface area contributed by atoms with Gasteiger partial charge in [0.25, 0.3) is 0 Å². The van der Waals surface area contributed by atoms with Crippen LogP contribution < -0.4 is 5.73 Å². The fourth-order valence-electron chi connectivity index (χ4n) is 1.82. The molecule has 0 bridgehead atoms. The highest BCUT2D eigenvalue weighted by molar-refractivity contribution is 6.31. The molecule has 1 fully saturated rings. The van der Waals surface area contributed by atoms with E-state index in [1.165, 1.54) is 17.5 Å². The summed E-state index contributed by atoms with van der Waals surface area (Å²) < 4.78 is 0. The summed E-state index contributed by atoms with van der Waals surface area (Å²) in [5.74, 6) is 1.29. The maximum absolute atomic E-state index is 6.15. The van der Waals surface area contributed by atoms with Gasteiger partial charge in [0, 0.05) is 5.02 Å². The van der Waals surface area contributed by atoms with Crippen molar-refractivity contribution in [1.29, 1.82) is 0 Å². The van der Waals surface area contributed by atoms with Gasteiger partial charge in [0.05, 0.1) is 0 Å². The lowest BCUT2D eigenvalue weighted by Crippen LogP contribution is -2.02. The molecule has 0 radical (unpaired) electrons. The Kier molecular flexibility index (Phi) is 2.31. The minimum atomic E-state index is 0.623. The van der Waals surface area contributed by atoms with Gasteiger partial charge < -0.3 is 5.73 Å². The maximum atomic E-state index is 6.15. The van der Waals surface area contributed by atoms with Gasteiger partial charge in [-0.15, -0.1) is 0 Å². The van der Waals surface area contributed by atoms with Crippen molar-refractivity contribution in [2.75, 3.05) is 6.54 Å². The molecule has 1 aliphatic rings. The molecule has 0 saturated heterocycles. The van der Waals surface area contributed by atoms with Crippen LogP contribution in [0.5, 0.6) is 0 Å². The molecule has 0 amide bonds. The third-order valence-electron chi connectivity index (χ3n) is 2.78. The lowest BCUT2D eigenvalue weighted by atomic mass is 10.1. The van der Waals surface area contributed by atoms with Gasteiger partial charge >= 0.3 is 0 Å². The molecule has 1 aromatic carbocycles. The first-order valence-corrected chi connectivity index (χ1v) is 5.06. The molecular formula is C11H14ClN. The highest BCUT2D eigenvalue weighted by Gasteiger charge is 2.37. The summed E-state index contributed by atoms with van der Waals surface area (Å²) in [5.41, 5.74) is 8.10. The second-order valence-electron chi connectivity index (χ2n) is 3.86. The SMILES string of the molecule is Cc1ccc(C2CC2CN)c(Cl)c1. The predicted octanol–water partition coefficient (Wildman–Crippen LogP) is 2.71. The Morgan fingerprint density at radius 2 is 2.31 bits per heavy atom. The molecule has 1 aliphatic carbocycles. The lowest BCUT2D eigenvalue weighted by molar-refractivity contribution is 0.809. The molecule has 0 spiro atoms. The van der Waals surface area contributed by atoms with Gasteiger partial charge in [0.1, 0.15) is 0 Å². The highest BCUT2D eigenvalue weighted by Crippen LogP contribution is 2.48. The molecule has 2 atom stereocenters. The number of nitrogens with two attached hydrogens (primary N) is 1. The molecule has 0 heterocycles. The van der Waals surface area contributed by atoms with Crippen LogP contribution in [0.1, 0.15) is 23.5 Å².